The first-order valence-corrected chi connectivity index (χ1v) is 17.0. The summed E-state index contributed by atoms with van der Waals surface area (Å²) in [7, 11) is 1.13. The highest BCUT2D eigenvalue weighted by Gasteiger charge is 2.53. The van der Waals surface area contributed by atoms with E-state index in [1.54, 1.807) is 14.2 Å². The van der Waals surface area contributed by atoms with Crippen LogP contribution in [0, 0.1) is 11.8 Å². The topological polar surface area (TPSA) is 80.3 Å². The van der Waals surface area contributed by atoms with Gasteiger partial charge < -0.3 is 23.4 Å². The second-order valence-corrected chi connectivity index (χ2v) is 17.9. The van der Waals surface area contributed by atoms with Gasteiger partial charge in [0.05, 0.1) is 24.7 Å². The first kappa shape index (κ1) is 31.5. The van der Waals surface area contributed by atoms with Crippen LogP contribution in [-0.4, -0.2) is 69.6 Å². The Morgan fingerprint density at radius 2 is 1.86 bits per heavy atom. The molecule has 2 rings (SSSR count). The normalized spacial score (nSPS) is 36.2. The highest BCUT2D eigenvalue weighted by Crippen LogP contribution is 2.45. The molecule has 2 bridgehead atoms. The lowest BCUT2D eigenvalue weighted by Crippen LogP contribution is -2.59. The van der Waals surface area contributed by atoms with Crippen molar-refractivity contribution in [2.45, 2.75) is 116 Å². The summed E-state index contributed by atoms with van der Waals surface area (Å²) in [6.07, 6.45) is 1.10. The lowest BCUT2D eigenvalue weighted by molar-refractivity contribution is -0.310. The maximum atomic E-state index is 13.2. The molecule has 36 heavy (non-hydrogen) atoms. The van der Waals surface area contributed by atoms with Crippen molar-refractivity contribution in [2.24, 2.45) is 11.8 Å². The molecule has 0 unspecified atom stereocenters. The summed E-state index contributed by atoms with van der Waals surface area (Å²) in [5, 5.41) is -0.125. The van der Waals surface area contributed by atoms with E-state index in [4.69, 9.17) is 23.4 Å². The zero-order valence-electron chi connectivity index (χ0n) is 24.1. The fraction of sp³-hybridized carbons (Fsp3) is 0.852. The standard InChI is InChI=1S/C27H48O7SSi/c1-12-35-25(29)21-14-17(2)13-20(30-8)18(3)24-19(4)22(34-36(10,11)26(5,6)7)15-27(31-9,33-24)16-23(28)32-21/h13,18-22,24H,12,14-16H2,1-11H3/b17-13+/t18-,19-,20-,21-,22+,24+,27+/m1/s1. The highest BCUT2D eigenvalue weighted by atomic mass is 32.2. The Labute approximate surface area is 223 Å². The van der Waals surface area contributed by atoms with Crippen LogP contribution in [0.2, 0.25) is 18.1 Å². The van der Waals surface area contributed by atoms with Gasteiger partial charge in [0, 0.05) is 38.9 Å². The number of rotatable bonds is 6. The Bertz CT molecular complexity index is 808. The lowest BCUT2D eigenvalue weighted by atomic mass is 9.80. The molecule has 0 N–H and O–H groups in total. The van der Waals surface area contributed by atoms with Crippen LogP contribution < -0.4 is 0 Å². The number of carbonyl (C=O) groups is 2. The minimum atomic E-state index is -2.13. The number of fused-ring (bicyclic) bond motifs is 2. The molecule has 7 atom stereocenters. The second kappa shape index (κ2) is 12.4. The lowest BCUT2D eigenvalue weighted by Gasteiger charge is -2.52. The number of thioether (sulfide) groups is 1. The van der Waals surface area contributed by atoms with Crippen LogP contribution >= 0.6 is 11.8 Å². The van der Waals surface area contributed by atoms with E-state index in [1.807, 2.05) is 19.9 Å². The van der Waals surface area contributed by atoms with Crippen molar-refractivity contribution in [2.75, 3.05) is 20.0 Å². The van der Waals surface area contributed by atoms with Crippen molar-refractivity contribution in [1.82, 2.24) is 0 Å². The van der Waals surface area contributed by atoms with Crippen molar-refractivity contribution >= 4 is 31.2 Å². The number of esters is 1. The quantitative estimate of drug-likeness (QED) is 0.238. The van der Waals surface area contributed by atoms with E-state index in [1.165, 1.54) is 11.8 Å². The molecule has 2 heterocycles. The van der Waals surface area contributed by atoms with Gasteiger partial charge in [-0.1, -0.05) is 65.0 Å². The van der Waals surface area contributed by atoms with Gasteiger partial charge >= 0.3 is 5.97 Å². The van der Waals surface area contributed by atoms with Gasteiger partial charge in [0.15, 0.2) is 20.2 Å². The van der Waals surface area contributed by atoms with E-state index in [2.05, 4.69) is 47.7 Å². The van der Waals surface area contributed by atoms with E-state index >= 15 is 0 Å². The summed E-state index contributed by atoms with van der Waals surface area (Å²) >= 11 is 1.17. The summed E-state index contributed by atoms with van der Waals surface area (Å²) in [4.78, 5) is 26.0. The highest BCUT2D eigenvalue weighted by molar-refractivity contribution is 8.13. The van der Waals surface area contributed by atoms with Crippen LogP contribution in [0.4, 0.5) is 0 Å². The minimum Gasteiger partial charge on any atom is -0.453 e. The van der Waals surface area contributed by atoms with Crippen LogP contribution in [0.15, 0.2) is 11.6 Å². The van der Waals surface area contributed by atoms with Gasteiger partial charge in [-0.15, -0.1) is 0 Å². The maximum absolute atomic E-state index is 13.2. The largest absolute Gasteiger partial charge is 0.453 e. The molecular formula is C27H48O7SSi. The molecular weight excluding hydrogens is 496 g/mol. The van der Waals surface area contributed by atoms with Gasteiger partial charge in [-0.25, -0.2) is 0 Å². The van der Waals surface area contributed by atoms with Crippen LogP contribution in [0.25, 0.3) is 0 Å². The zero-order valence-corrected chi connectivity index (χ0v) is 26.0. The number of hydrogen-bond acceptors (Lipinski definition) is 8. The summed E-state index contributed by atoms with van der Waals surface area (Å²) < 4.78 is 31.2. The third kappa shape index (κ3) is 7.44. The summed E-state index contributed by atoms with van der Waals surface area (Å²) in [5.74, 6) is -1.09. The molecule has 0 spiro atoms. The van der Waals surface area contributed by atoms with Gasteiger partial charge in [-0.05, 0) is 30.8 Å². The van der Waals surface area contributed by atoms with Gasteiger partial charge in [0.25, 0.3) is 0 Å². The predicted octanol–water partition coefficient (Wildman–Crippen LogP) is 5.73. The molecule has 0 saturated carbocycles. The van der Waals surface area contributed by atoms with Crippen molar-refractivity contribution in [3.8, 4) is 0 Å². The van der Waals surface area contributed by atoms with E-state index < -0.39 is 26.2 Å². The molecule has 0 aliphatic carbocycles. The fourth-order valence-corrected chi connectivity index (χ4v) is 6.82. The molecule has 2 aliphatic rings. The Morgan fingerprint density at radius 3 is 2.39 bits per heavy atom. The Balaban J connectivity index is 2.55. The Morgan fingerprint density at radius 1 is 1.22 bits per heavy atom. The van der Waals surface area contributed by atoms with E-state index in [-0.39, 0.29) is 46.7 Å². The predicted molar refractivity (Wildman–Crippen MR) is 146 cm³/mol. The molecule has 1 saturated heterocycles. The molecule has 0 aromatic carbocycles. The zero-order chi connectivity index (χ0) is 27.5. The third-order valence-electron chi connectivity index (χ3n) is 8.09. The summed E-state index contributed by atoms with van der Waals surface area (Å²) in [6, 6.07) is 0. The first-order chi connectivity index (χ1) is 16.6. The summed E-state index contributed by atoms with van der Waals surface area (Å²) in [6.45, 7) is 19.2. The first-order valence-electron chi connectivity index (χ1n) is 13.1. The number of ether oxygens (including phenoxy) is 4. The van der Waals surface area contributed by atoms with E-state index in [9.17, 15) is 9.59 Å². The average Bonchev–Trinajstić information content (AvgIpc) is 2.77. The van der Waals surface area contributed by atoms with Gasteiger partial charge in [0.1, 0.15) is 0 Å². The van der Waals surface area contributed by atoms with Crippen LogP contribution in [0.3, 0.4) is 0 Å². The van der Waals surface area contributed by atoms with Crippen molar-refractivity contribution in [1.29, 1.82) is 0 Å². The van der Waals surface area contributed by atoms with Gasteiger partial charge in [0.2, 0.25) is 5.12 Å². The molecule has 1 fully saturated rings. The Kier molecular flexibility index (Phi) is 10.9. The molecule has 0 radical (unpaired) electrons. The molecule has 9 heteroatoms. The maximum Gasteiger partial charge on any atom is 0.312 e. The third-order valence-corrected chi connectivity index (χ3v) is 13.4. The molecule has 0 amide bonds. The van der Waals surface area contributed by atoms with Gasteiger partial charge in [-0.2, -0.15) is 0 Å². The summed E-state index contributed by atoms with van der Waals surface area (Å²) in [5.41, 5.74) is 0.938. The number of cyclic esters (lactones) is 1. The molecule has 0 aromatic heterocycles. The second-order valence-electron chi connectivity index (χ2n) is 11.9. The number of carbonyl (C=O) groups excluding carboxylic acids is 2. The van der Waals surface area contributed by atoms with E-state index in [0.29, 0.717) is 18.6 Å². The van der Waals surface area contributed by atoms with Crippen LogP contribution in [0.5, 0.6) is 0 Å². The van der Waals surface area contributed by atoms with E-state index in [0.717, 1.165) is 5.57 Å². The average molecular weight is 545 g/mol. The molecule has 7 nitrogen and oxygen atoms in total. The molecule has 208 valence electrons. The molecule has 0 aromatic rings. The number of hydrogen-bond donors (Lipinski definition) is 0. The smallest absolute Gasteiger partial charge is 0.312 e. The number of methoxy groups -OCH3 is 2. The van der Waals surface area contributed by atoms with Crippen molar-refractivity contribution in [3.63, 3.8) is 0 Å². The molecule has 2 aliphatic heterocycles. The Hall–Kier alpha value is -0.713. The monoisotopic (exact) mass is 544 g/mol. The van der Waals surface area contributed by atoms with Crippen molar-refractivity contribution in [3.05, 3.63) is 11.6 Å². The van der Waals surface area contributed by atoms with Crippen LogP contribution in [0.1, 0.15) is 67.7 Å². The van der Waals surface area contributed by atoms with Crippen LogP contribution in [-0.2, 0) is 33.0 Å². The SMILES string of the molecule is CCSC(=O)[C@H]1C/C(C)=C/[C@@H](OC)[C@@H](C)[C@@H]2O[C@](OC)(CC(=O)O1)C[C@H](O[Si](C)(C)C(C)(C)C)[C@H]2C. The minimum absolute atomic E-state index is 0.0288. The fourth-order valence-electron chi connectivity index (χ4n) is 4.81. The van der Waals surface area contributed by atoms with Gasteiger partial charge in [-0.3, -0.25) is 9.59 Å². The van der Waals surface area contributed by atoms with Crippen molar-refractivity contribution < 1.29 is 33.0 Å².